The second-order valence-corrected chi connectivity index (χ2v) is 7.82. The molecule has 1 fully saturated rings. The van der Waals surface area contributed by atoms with E-state index < -0.39 is 0 Å². The zero-order valence-electron chi connectivity index (χ0n) is 14.8. The van der Waals surface area contributed by atoms with Gasteiger partial charge in [0.05, 0.1) is 11.3 Å². The van der Waals surface area contributed by atoms with Gasteiger partial charge in [0.15, 0.2) is 11.0 Å². The van der Waals surface area contributed by atoms with Gasteiger partial charge in [-0.2, -0.15) is 0 Å². The Morgan fingerprint density at radius 3 is 2.78 bits per heavy atom. The first kappa shape index (κ1) is 16.5. The second-order valence-electron chi connectivity index (χ2n) is 6.88. The molecule has 0 aliphatic heterocycles. The highest BCUT2D eigenvalue weighted by atomic mass is 32.2. The molecule has 27 heavy (non-hydrogen) atoms. The Balaban J connectivity index is 1.44. The van der Waals surface area contributed by atoms with E-state index in [1.165, 1.54) is 11.6 Å². The average Bonchev–Trinajstić information content (AvgIpc) is 3.28. The predicted octanol–water partition coefficient (Wildman–Crippen LogP) is 4.67. The van der Waals surface area contributed by atoms with Gasteiger partial charge in [-0.1, -0.05) is 30.0 Å². The molecule has 0 bridgehead atoms. The number of fused-ring (bicyclic) bond motifs is 1. The summed E-state index contributed by atoms with van der Waals surface area (Å²) in [6.07, 6.45) is 6.28. The number of benzene rings is 1. The van der Waals surface area contributed by atoms with E-state index in [9.17, 15) is 4.39 Å². The van der Waals surface area contributed by atoms with Crippen LogP contribution in [0, 0.1) is 12.7 Å². The van der Waals surface area contributed by atoms with Gasteiger partial charge in [-0.25, -0.2) is 9.37 Å². The monoisotopic (exact) mass is 379 g/mol. The zero-order valence-corrected chi connectivity index (χ0v) is 15.7. The average molecular weight is 379 g/mol. The van der Waals surface area contributed by atoms with Crippen LogP contribution in [0.25, 0.3) is 17.0 Å². The third-order valence-electron chi connectivity index (χ3n) is 4.69. The number of thioether (sulfide) groups is 1. The number of imidazole rings is 1. The van der Waals surface area contributed by atoms with Crippen LogP contribution >= 0.6 is 11.8 Å². The van der Waals surface area contributed by atoms with Gasteiger partial charge in [0.25, 0.3) is 0 Å². The van der Waals surface area contributed by atoms with Gasteiger partial charge in [0.2, 0.25) is 0 Å². The van der Waals surface area contributed by atoms with E-state index in [2.05, 4.69) is 38.9 Å². The molecule has 0 unspecified atom stereocenters. The molecule has 0 amide bonds. The molecule has 0 saturated heterocycles. The van der Waals surface area contributed by atoms with Crippen molar-refractivity contribution in [2.75, 3.05) is 0 Å². The fourth-order valence-corrected chi connectivity index (χ4v) is 4.12. The minimum atomic E-state index is -0.265. The quantitative estimate of drug-likeness (QED) is 0.473. The van der Waals surface area contributed by atoms with Crippen LogP contribution in [0.5, 0.6) is 0 Å². The summed E-state index contributed by atoms with van der Waals surface area (Å²) in [6.45, 7) is 2.07. The number of rotatable bonds is 5. The lowest BCUT2D eigenvalue weighted by Crippen LogP contribution is -2.01. The molecule has 7 heteroatoms. The Hall–Kier alpha value is -2.67. The summed E-state index contributed by atoms with van der Waals surface area (Å²) in [5, 5.41) is 9.48. The molecule has 5 rings (SSSR count). The third-order valence-corrected chi connectivity index (χ3v) is 5.67. The molecular formula is C20H18FN5S. The van der Waals surface area contributed by atoms with E-state index in [0.29, 0.717) is 23.2 Å². The Morgan fingerprint density at radius 2 is 1.96 bits per heavy atom. The third kappa shape index (κ3) is 3.12. The highest BCUT2D eigenvalue weighted by Crippen LogP contribution is 2.41. The summed E-state index contributed by atoms with van der Waals surface area (Å²) < 4.78 is 18.4. The Morgan fingerprint density at radius 1 is 1.11 bits per heavy atom. The first-order valence-electron chi connectivity index (χ1n) is 8.96. The summed E-state index contributed by atoms with van der Waals surface area (Å²) in [4.78, 5) is 4.66. The number of pyridine rings is 1. The lowest BCUT2D eigenvalue weighted by Gasteiger charge is -2.08. The Bertz CT molecular complexity index is 1130. The minimum absolute atomic E-state index is 0.265. The number of aromatic nitrogens is 5. The molecule has 1 aliphatic carbocycles. The summed E-state index contributed by atoms with van der Waals surface area (Å²) in [6, 6.07) is 11.2. The largest absolute Gasteiger partial charge is 0.307 e. The molecule has 3 heterocycles. The maximum Gasteiger partial charge on any atom is 0.192 e. The molecule has 0 radical (unpaired) electrons. The molecule has 0 spiro atoms. The van der Waals surface area contributed by atoms with E-state index in [-0.39, 0.29) is 5.82 Å². The molecule has 4 aromatic rings. The minimum Gasteiger partial charge on any atom is -0.307 e. The van der Waals surface area contributed by atoms with Crippen LogP contribution in [0.4, 0.5) is 4.39 Å². The fourth-order valence-electron chi connectivity index (χ4n) is 3.23. The topological polar surface area (TPSA) is 48.0 Å². The highest BCUT2D eigenvalue weighted by Gasteiger charge is 2.31. The van der Waals surface area contributed by atoms with Gasteiger partial charge in [-0.3, -0.25) is 4.57 Å². The summed E-state index contributed by atoms with van der Waals surface area (Å²) in [5.74, 6) is 1.05. The van der Waals surface area contributed by atoms with Crippen molar-refractivity contribution in [1.82, 2.24) is 24.1 Å². The van der Waals surface area contributed by atoms with E-state index in [1.54, 1.807) is 23.9 Å². The molecule has 3 aromatic heterocycles. The van der Waals surface area contributed by atoms with Crippen molar-refractivity contribution < 1.29 is 4.39 Å². The van der Waals surface area contributed by atoms with Gasteiger partial charge in [0.1, 0.15) is 11.5 Å². The van der Waals surface area contributed by atoms with E-state index >= 15 is 0 Å². The summed E-state index contributed by atoms with van der Waals surface area (Å²) in [7, 11) is 0. The van der Waals surface area contributed by atoms with Crippen molar-refractivity contribution in [3.05, 3.63) is 65.9 Å². The SMILES string of the molecule is Cc1ccc2nc(CSc3nnc(-c4ccccc4F)n3C3CC3)cn2c1. The molecule has 1 aliphatic rings. The van der Waals surface area contributed by atoms with Crippen LogP contribution in [0.3, 0.4) is 0 Å². The van der Waals surface area contributed by atoms with Gasteiger partial charge in [0, 0.05) is 24.2 Å². The first-order valence-corrected chi connectivity index (χ1v) is 9.94. The van der Waals surface area contributed by atoms with Crippen molar-refractivity contribution in [3.63, 3.8) is 0 Å². The van der Waals surface area contributed by atoms with Gasteiger partial charge < -0.3 is 4.40 Å². The Kier molecular flexibility index (Phi) is 3.97. The van der Waals surface area contributed by atoms with Crippen molar-refractivity contribution in [3.8, 4) is 11.4 Å². The van der Waals surface area contributed by atoms with Crippen LogP contribution in [-0.4, -0.2) is 24.1 Å². The highest BCUT2D eigenvalue weighted by molar-refractivity contribution is 7.98. The van der Waals surface area contributed by atoms with Crippen molar-refractivity contribution in [1.29, 1.82) is 0 Å². The van der Waals surface area contributed by atoms with Crippen LogP contribution < -0.4 is 0 Å². The smallest absolute Gasteiger partial charge is 0.192 e. The number of hydrogen-bond donors (Lipinski definition) is 0. The maximum atomic E-state index is 14.2. The van der Waals surface area contributed by atoms with Gasteiger partial charge in [-0.05, 0) is 43.5 Å². The van der Waals surface area contributed by atoms with E-state index in [4.69, 9.17) is 0 Å². The number of aryl methyl sites for hydroxylation is 1. The van der Waals surface area contributed by atoms with Gasteiger partial charge in [-0.15, -0.1) is 10.2 Å². The van der Waals surface area contributed by atoms with Crippen LogP contribution in [0.2, 0.25) is 0 Å². The maximum absolute atomic E-state index is 14.2. The zero-order chi connectivity index (χ0) is 18.4. The molecule has 1 saturated carbocycles. The van der Waals surface area contributed by atoms with Crippen molar-refractivity contribution in [2.45, 2.75) is 36.7 Å². The van der Waals surface area contributed by atoms with Crippen LogP contribution in [0.15, 0.2) is 53.9 Å². The standard InChI is InChI=1S/C20H18FN5S/c1-13-6-9-18-22-14(11-25(18)10-13)12-27-20-24-23-19(26(20)15-7-8-15)16-4-2-3-5-17(16)21/h2-6,9-11,15H,7-8,12H2,1H3. The molecule has 5 nitrogen and oxygen atoms in total. The number of nitrogens with zero attached hydrogens (tertiary/aromatic N) is 5. The number of hydrogen-bond acceptors (Lipinski definition) is 4. The molecule has 0 N–H and O–H groups in total. The fraction of sp³-hybridized carbons (Fsp3) is 0.250. The van der Waals surface area contributed by atoms with Crippen LogP contribution in [-0.2, 0) is 5.75 Å². The molecule has 136 valence electrons. The number of halogens is 1. The summed E-state index contributed by atoms with van der Waals surface area (Å²) in [5.41, 5.74) is 3.63. The Labute approximate surface area is 160 Å². The van der Waals surface area contributed by atoms with Crippen molar-refractivity contribution >= 4 is 17.4 Å². The lowest BCUT2D eigenvalue weighted by molar-refractivity contribution is 0.622. The van der Waals surface area contributed by atoms with Gasteiger partial charge >= 0.3 is 0 Å². The molecule has 0 atom stereocenters. The van der Waals surface area contributed by atoms with Crippen LogP contribution in [0.1, 0.15) is 30.1 Å². The first-order chi connectivity index (χ1) is 13.2. The second kappa shape index (κ2) is 6.49. The van der Waals surface area contributed by atoms with E-state index in [0.717, 1.165) is 29.3 Å². The predicted molar refractivity (Wildman–Crippen MR) is 103 cm³/mol. The normalized spacial score (nSPS) is 14.1. The molecular weight excluding hydrogens is 361 g/mol. The summed E-state index contributed by atoms with van der Waals surface area (Å²) >= 11 is 1.60. The van der Waals surface area contributed by atoms with Crippen molar-refractivity contribution in [2.24, 2.45) is 0 Å². The van der Waals surface area contributed by atoms with E-state index in [1.807, 2.05) is 22.7 Å². The molecule has 1 aromatic carbocycles. The lowest BCUT2D eigenvalue weighted by atomic mass is 10.2.